The van der Waals surface area contributed by atoms with Crippen molar-refractivity contribution >= 4 is 22.9 Å². The number of hydrogen-bond acceptors (Lipinski definition) is 4. The number of nitrogens with one attached hydrogen (secondary N) is 1. The smallest absolute Gasteiger partial charge is 0.423 e. The highest BCUT2D eigenvalue weighted by Gasteiger charge is 2.57. The monoisotopic (exact) mass is 465 g/mol. The molecule has 1 amide bonds. The molecule has 0 aliphatic carbocycles. The van der Waals surface area contributed by atoms with Crippen molar-refractivity contribution in [1.82, 2.24) is 14.9 Å². The van der Waals surface area contributed by atoms with E-state index in [2.05, 4.69) is 9.97 Å². The predicted octanol–water partition coefficient (Wildman–Crippen LogP) is 4.83. The molecule has 1 unspecified atom stereocenters. The van der Waals surface area contributed by atoms with Gasteiger partial charge in [0, 0.05) is 16.7 Å². The number of halogens is 3. The summed E-state index contributed by atoms with van der Waals surface area (Å²) in [5.41, 5.74) is 0.134. The highest BCUT2D eigenvalue weighted by atomic mass is 19.4. The normalized spacial score (nSPS) is 17.8. The molecule has 0 bridgehead atoms. The van der Waals surface area contributed by atoms with E-state index in [1.807, 2.05) is 0 Å². The Morgan fingerprint density at radius 3 is 2.50 bits per heavy atom. The first-order chi connectivity index (χ1) is 16.2. The van der Waals surface area contributed by atoms with Crippen molar-refractivity contribution in [3.05, 3.63) is 101 Å². The van der Waals surface area contributed by atoms with Gasteiger partial charge in [-0.3, -0.25) is 9.69 Å². The highest BCUT2D eigenvalue weighted by Crippen LogP contribution is 2.47. The van der Waals surface area contributed by atoms with Gasteiger partial charge < -0.3 is 9.72 Å². The van der Waals surface area contributed by atoms with Crippen molar-refractivity contribution in [2.24, 2.45) is 0 Å². The Morgan fingerprint density at radius 1 is 1.06 bits per heavy atom. The van der Waals surface area contributed by atoms with Crippen LogP contribution in [0, 0.1) is 6.92 Å². The van der Waals surface area contributed by atoms with E-state index < -0.39 is 23.8 Å². The molecule has 0 radical (unpaired) electrons. The molecule has 0 spiro atoms. The molecule has 9 heteroatoms. The first kappa shape index (κ1) is 21.7. The fourth-order valence-electron chi connectivity index (χ4n) is 4.36. The van der Waals surface area contributed by atoms with E-state index in [4.69, 9.17) is 4.74 Å². The van der Waals surface area contributed by atoms with Crippen LogP contribution in [-0.4, -0.2) is 32.9 Å². The maximum Gasteiger partial charge on any atom is 0.491 e. The SMILES string of the molecule is Cc1nc2cc(C3(OC(=O)C(F)(F)F)c4ccccc4C(=O)N3Cc3ccccc3)ccc2[nH]1. The van der Waals surface area contributed by atoms with Gasteiger partial charge in [0.2, 0.25) is 5.72 Å². The number of carbonyl (C=O) groups excluding carboxylic acids is 2. The van der Waals surface area contributed by atoms with Gasteiger partial charge >= 0.3 is 12.1 Å². The molecule has 1 atom stereocenters. The van der Waals surface area contributed by atoms with Gasteiger partial charge in [-0.1, -0.05) is 54.6 Å². The van der Waals surface area contributed by atoms with Crippen LogP contribution in [0.1, 0.15) is 32.9 Å². The van der Waals surface area contributed by atoms with Crippen molar-refractivity contribution in [2.75, 3.05) is 0 Å². The first-order valence-corrected chi connectivity index (χ1v) is 10.4. The molecule has 0 saturated carbocycles. The molecule has 0 saturated heterocycles. The quantitative estimate of drug-likeness (QED) is 0.438. The maximum atomic E-state index is 13.5. The number of benzene rings is 3. The van der Waals surface area contributed by atoms with E-state index in [-0.39, 0.29) is 23.2 Å². The number of alkyl halides is 3. The Kier molecular flexibility index (Phi) is 4.93. The van der Waals surface area contributed by atoms with Gasteiger partial charge in [0.15, 0.2) is 0 Å². The molecule has 1 aromatic heterocycles. The minimum absolute atomic E-state index is 0.0862. The molecule has 3 aromatic carbocycles. The number of aromatic nitrogens is 2. The number of H-pyrrole nitrogens is 1. The second-order valence-corrected chi connectivity index (χ2v) is 8.01. The maximum absolute atomic E-state index is 13.5. The van der Waals surface area contributed by atoms with Crippen LogP contribution in [0.3, 0.4) is 0 Å². The number of ether oxygens (including phenoxy) is 1. The minimum atomic E-state index is -5.26. The van der Waals surface area contributed by atoms with Crippen molar-refractivity contribution in [2.45, 2.75) is 25.4 Å². The lowest BCUT2D eigenvalue weighted by Gasteiger charge is -2.39. The van der Waals surface area contributed by atoms with E-state index >= 15 is 0 Å². The number of imidazole rings is 1. The van der Waals surface area contributed by atoms with Gasteiger partial charge in [-0.25, -0.2) is 9.78 Å². The minimum Gasteiger partial charge on any atom is -0.423 e. The lowest BCUT2D eigenvalue weighted by atomic mass is 9.92. The third-order valence-electron chi connectivity index (χ3n) is 5.80. The number of nitrogens with zero attached hydrogens (tertiary/aromatic N) is 2. The summed E-state index contributed by atoms with van der Waals surface area (Å²) in [4.78, 5) is 34.4. The summed E-state index contributed by atoms with van der Waals surface area (Å²) in [7, 11) is 0. The summed E-state index contributed by atoms with van der Waals surface area (Å²) < 4.78 is 45.7. The van der Waals surface area contributed by atoms with Crippen LogP contribution in [0.5, 0.6) is 0 Å². The molecular formula is C25H18F3N3O3. The molecule has 1 aliphatic heterocycles. The van der Waals surface area contributed by atoms with E-state index in [1.165, 1.54) is 24.3 Å². The number of fused-ring (bicyclic) bond motifs is 2. The van der Waals surface area contributed by atoms with Gasteiger partial charge in [-0.2, -0.15) is 13.2 Å². The third kappa shape index (κ3) is 3.40. The average Bonchev–Trinajstić information content (AvgIpc) is 3.29. The standard InChI is InChI=1S/C25H18F3N3O3/c1-15-29-20-12-11-17(13-21(20)30-15)24(34-23(33)25(26,27)28)19-10-6-5-9-18(19)22(32)31(24)14-16-7-3-2-4-8-16/h2-13H,14H2,1H3,(H,29,30). The lowest BCUT2D eigenvalue weighted by Crippen LogP contribution is -2.49. The zero-order valence-corrected chi connectivity index (χ0v) is 17.9. The second-order valence-electron chi connectivity index (χ2n) is 8.01. The molecule has 5 rings (SSSR count). The number of aryl methyl sites for hydroxylation is 1. The Morgan fingerprint density at radius 2 is 1.76 bits per heavy atom. The number of hydrogen-bond donors (Lipinski definition) is 1. The number of aromatic amines is 1. The molecule has 1 aliphatic rings. The van der Waals surface area contributed by atoms with Crippen LogP contribution in [-0.2, 0) is 21.8 Å². The summed E-state index contributed by atoms with van der Waals surface area (Å²) >= 11 is 0. The van der Waals surface area contributed by atoms with Crippen molar-refractivity contribution in [3.63, 3.8) is 0 Å². The summed E-state index contributed by atoms with van der Waals surface area (Å²) in [5.74, 6) is -2.33. The Balaban J connectivity index is 1.78. The molecular weight excluding hydrogens is 447 g/mol. The molecule has 172 valence electrons. The van der Waals surface area contributed by atoms with Crippen LogP contribution in [0.4, 0.5) is 13.2 Å². The number of carbonyl (C=O) groups is 2. The molecule has 34 heavy (non-hydrogen) atoms. The Hall–Kier alpha value is -4.14. The van der Waals surface area contributed by atoms with Crippen LogP contribution in [0.15, 0.2) is 72.8 Å². The predicted molar refractivity (Wildman–Crippen MR) is 117 cm³/mol. The number of rotatable bonds is 4. The van der Waals surface area contributed by atoms with E-state index in [1.54, 1.807) is 55.5 Å². The van der Waals surface area contributed by atoms with Gasteiger partial charge in [-0.15, -0.1) is 0 Å². The molecule has 6 nitrogen and oxygen atoms in total. The second kappa shape index (κ2) is 7.72. The zero-order valence-electron chi connectivity index (χ0n) is 17.9. The topological polar surface area (TPSA) is 75.3 Å². The number of amides is 1. The lowest BCUT2D eigenvalue weighted by molar-refractivity contribution is -0.222. The van der Waals surface area contributed by atoms with Crippen LogP contribution < -0.4 is 0 Å². The van der Waals surface area contributed by atoms with Crippen molar-refractivity contribution in [3.8, 4) is 0 Å². The largest absolute Gasteiger partial charge is 0.491 e. The molecule has 0 fully saturated rings. The number of esters is 1. The van der Waals surface area contributed by atoms with Crippen LogP contribution in [0.2, 0.25) is 0 Å². The summed E-state index contributed by atoms with van der Waals surface area (Å²) in [6.45, 7) is 1.66. The van der Waals surface area contributed by atoms with Crippen molar-refractivity contribution in [1.29, 1.82) is 0 Å². The van der Waals surface area contributed by atoms with Crippen LogP contribution in [0.25, 0.3) is 11.0 Å². The molecule has 4 aromatic rings. The Labute approximate surface area is 192 Å². The molecule has 2 heterocycles. The van der Waals surface area contributed by atoms with Gasteiger partial charge in [-0.05, 0) is 30.7 Å². The van der Waals surface area contributed by atoms with Crippen LogP contribution >= 0.6 is 0 Å². The van der Waals surface area contributed by atoms with Gasteiger partial charge in [0.1, 0.15) is 5.82 Å². The summed E-state index contributed by atoms with van der Waals surface area (Å²) in [5, 5.41) is 0. The van der Waals surface area contributed by atoms with E-state index in [0.29, 0.717) is 22.4 Å². The third-order valence-corrected chi connectivity index (χ3v) is 5.80. The molecule has 1 N–H and O–H groups in total. The highest BCUT2D eigenvalue weighted by molar-refractivity contribution is 6.01. The fraction of sp³-hybridized carbons (Fsp3) is 0.160. The fourth-order valence-corrected chi connectivity index (χ4v) is 4.36. The van der Waals surface area contributed by atoms with Crippen molar-refractivity contribution < 1.29 is 27.5 Å². The summed E-state index contributed by atoms with van der Waals surface area (Å²) in [6.07, 6.45) is -5.26. The van der Waals surface area contributed by atoms with Gasteiger partial charge in [0.05, 0.1) is 17.6 Å². The van der Waals surface area contributed by atoms with Gasteiger partial charge in [0.25, 0.3) is 5.91 Å². The van der Waals surface area contributed by atoms with E-state index in [9.17, 15) is 22.8 Å². The Bertz CT molecular complexity index is 1420. The summed E-state index contributed by atoms with van der Waals surface area (Å²) in [6, 6.07) is 19.7. The zero-order chi connectivity index (χ0) is 24.1. The average molecular weight is 465 g/mol. The van der Waals surface area contributed by atoms with E-state index in [0.717, 1.165) is 4.90 Å². The first-order valence-electron chi connectivity index (χ1n) is 10.4.